The molecule has 0 aromatic heterocycles. The number of amides is 2. The first-order valence-electron chi connectivity index (χ1n) is 12.6. The molecule has 2 amide bonds. The van der Waals surface area contributed by atoms with Gasteiger partial charge >= 0.3 is 5.97 Å². The van der Waals surface area contributed by atoms with Gasteiger partial charge in [0.15, 0.2) is 0 Å². The number of hydrogen-bond donors (Lipinski definition) is 1. The molecule has 0 aromatic rings. The summed E-state index contributed by atoms with van der Waals surface area (Å²) < 4.78 is 4.72. The van der Waals surface area contributed by atoms with Crippen LogP contribution < -0.4 is 0 Å². The first-order valence-corrected chi connectivity index (χ1v) is 13.4. The third-order valence-electron chi connectivity index (χ3n) is 7.59. The molecule has 7 nitrogen and oxygen atoms in total. The predicted molar refractivity (Wildman–Crippen MR) is 134 cm³/mol. The summed E-state index contributed by atoms with van der Waals surface area (Å²) in [6.45, 7) is 14.3. The number of rotatable bonds is 13. The second-order valence-corrected chi connectivity index (χ2v) is 11.6. The number of nitrogens with zero attached hydrogens (tertiary/aromatic N) is 2. The molecular weight excluding hydrogens is 452 g/mol. The number of thioether (sulfide) groups is 1. The van der Waals surface area contributed by atoms with Gasteiger partial charge in [-0.3, -0.25) is 14.4 Å². The van der Waals surface area contributed by atoms with E-state index in [0.717, 1.165) is 25.7 Å². The lowest BCUT2D eigenvalue weighted by atomic mass is 9.71. The first-order chi connectivity index (χ1) is 16.3. The van der Waals surface area contributed by atoms with Gasteiger partial charge in [0.05, 0.1) is 29.2 Å². The summed E-state index contributed by atoms with van der Waals surface area (Å²) in [4.78, 5) is 44.6. The third kappa shape index (κ3) is 4.55. The van der Waals surface area contributed by atoms with Crippen LogP contribution in [0.3, 0.4) is 0 Å². The summed E-state index contributed by atoms with van der Waals surface area (Å²) in [6.07, 6.45) is 7.65. The van der Waals surface area contributed by atoms with Crippen molar-refractivity contribution in [2.24, 2.45) is 17.8 Å². The Morgan fingerprint density at radius 1 is 1.32 bits per heavy atom. The lowest BCUT2D eigenvalue weighted by molar-refractivity contribution is -0.153. The van der Waals surface area contributed by atoms with Crippen LogP contribution in [-0.4, -0.2) is 81.1 Å². The normalized spacial score (nSPS) is 30.4. The van der Waals surface area contributed by atoms with Gasteiger partial charge in [0.2, 0.25) is 11.8 Å². The van der Waals surface area contributed by atoms with Gasteiger partial charge in [-0.25, -0.2) is 0 Å². The molecule has 3 saturated heterocycles. The Morgan fingerprint density at radius 2 is 2.06 bits per heavy atom. The number of likely N-dealkylation sites (tertiary alicyclic amines) is 1. The maximum absolute atomic E-state index is 14.2. The van der Waals surface area contributed by atoms with Crippen molar-refractivity contribution in [2.75, 3.05) is 26.3 Å². The molecule has 2 bridgehead atoms. The summed E-state index contributed by atoms with van der Waals surface area (Å²) in [5.41, 5.74) is 0. The molecule has 0 radical (unpaired) electrons. The van der Waals surface area contributed by atoms with Crippen molar-refractivity contribution in [3.05, 3.63) is 25.3 Å². The van der Waals surface area contributed by atoms with Crippen molar-refractivity contribution in [3.8, 4) is 0 Å². The van der Waals surface area contributed by atoms with Crippen molar-refractivity contribution in [1.29, 1.82) is 0 Å². The molecule has 0 aromatic carbocycles. The molecule has 3 heterocycles. The number of aliphatic hydroxyl groups excluding tert-OH is 1. The highest BCUT2D eigenvalue weighted by atomic mass is 32.2. The maximum atomic E-state index is 14.2. The van der Waals surface area contributed by atoms with Crippen LogP contribution in [0.1, 0.15) is 52.9 Å². The molecule has 1 spiro atoms. The van der Waals surface area contributed by atoms with Gasteiger partial charge in [-0.15, -0.1) is 18.3 Å². The van der Waals surface area contributed by atoms with E-state index in [2.05, 4.69) is 20.1 Å². The molecule has 0 saturated carbocycles. The van der Waals surface area contributed by atoms with E-state index in [9.17, 15) is 19.5 Å². The van der Waals surface area contributed by atoms with Gasteiger partial charge < -0.3 is 19.6 Å². The molecule has 190 valence electrons. The predicted octanol–water partition coefficient (Wildman–Crippen LogP) is 3.03. The fourth-order valence-electron chi connectivity index (χ4n) is 6.03. The Bertz CT molecular complexity index is 802. The van der Waals surface area contributed by atoms with E-state index in [0.29, 0.717) is 19.5 Å². The van der Waals surface area contributed by atoms with Crippen LogP contribution in [0.2, 0.25) is 0 Å². The Labute approximate surface area is 208 Å². The van der Waals surface area contributed by atoms with E-state index >= 15 is 0 Å². The maximum Gasteiger partial charge on any atom is 0.311 e. The van der Waals surface area contributed by atoms with Gasteiger partial charge in [0.1, 0.15) is 12.6 Å². The number of ether oxygens (including phenoxy) is 1. The lowest BCUT2D eigenvalue weighted by Crippen LogP contribution is -2.58. The quantitative estimate of drug-likeness (QED) is 0.242. The van der Waals surface area contributed by atoms with Crippen LogP contribution in [0, 0.1) is 17.8 Å². The van der Waals surface area contributed by atoms with Crippen LogP contribution in [0.25, 0.3) is 0 Å². The van der Waals surface area contributed by atoms with Gasteiger partial charge in [0.25, 0.3) is 0 Å². The summed E-state index contributed by atoms with van der Waals surface area (Å²) >= 11 is 1.62. The van der Waals surface area contributed by atoms with E-state index in [-0.39, 0.29) is 42.2 Å². The Kier molecular flexibility index (Phi) is 8.90. The molecule has 34 heavy (non-hydrogen) atoms. The van der Waals surface area contributed by atoms with Gasteiger partial charge in [0, 0.05) is 18.3 Å². The van der Waals surface area contributed by atoms with Gasteiger partial charge in [-0.2, -0.15) is 0 Å². The van der Waals surface area contributed by atoms with Gasteiger partial charge in [-0.1, -0.05) is 52.3 Å². The fraction of sp³-hybridized carbons (Fsp3) is 0.731. The third-order valence-corrected chi connectivity index (χ3v) is 9.55. The Balaban J connectivity index is 2.03. The fourth-order valence-corrected chi connectivity index (χ4v) is 8.21. The zero-order valence-corrected chi connectivity index (χ0v) is 21.6. The van der Waals surface area contributed by atoms with Crippen LogP contribution >= 0.6 is 11.8 Å². The standard InChI is InChI=1S/C26H40N2O5S/c1-6-9-10-14-27(13-7-2)24(31)22-26-12-11-19(34-26)20(25(32)33-15-8-3)21(26)23(30)28(22)18(16-29)17(4)5/h7-8,17-22,29H,2-3,6,9-16H2,1,4-5H3/t18-,19+,20-,21-,22?,26?/m0/s1. The summed E-state index contributed by atoms with van der Waals surface area (Å²) in [7, 11) is 0. The minimum absolute atomic E-state index is 0.0386. The monoisotopic (exact) mass is 492 g/mol. The molecule has 3 rings (SSSR count). The SMILES string of the molecule is C=CCOC(=O)[C@@H]1[C@H]2C(=O)N([C@@H](CO)C(C)C)C(C(=O)N(CC=C)CCCCC)C23CC[C@H]1S3. The van der Waals surface area contributed by atoms with E-state index in [4.69, 9.17) is 4.74 Å². The molecule has 3 fully saturated rings. The number of esters is 1. The summed E-state index contributed by atoms with van der Waals surface area (Å²) in [6, 6.07) is -1.20. The molecule has 1 N–H and O–H groups in total. The molecule has 6 atom stereocenters. The zero-order valence-electron chi connectivity index (χ0n) is 20.8. The number of hydrogen-bond acceptors (Lipinski definition) is 6. The van der Waals surface area contributed by atoms with Crippen LogP contribution in [0.15, 0.2) is 25.3 Å². The largest absolute Gasteiger partial charge is 0.461 e. The van der Waals surface area contributed by atoms with E-state index < -0.39 is 28.7 Å². The molecular formula is C26H40N2O5S. The highest BCUT2D eigenvalue weighted by Crippen LogP contribution is 2.67. The second-order valence-electron chi connectivity index (χ2n) is 9.99. The second kappa shape index (κ2) is 11.3. The van der Waals surface area contributed by atoms with Gasteiger partial charge in [-0.05, 0) is 25.2 Å². The zero-order chi connectivity index (χ0) is 25.0. The minimum atomic E-state index is -0.710. The molecule has 3 aliphatic heterocycles. The molecule has 8 heteroatoms. The topological polar surface area (TPSA) is 87.1 Å². The lowest BCUT2D eigenvalue weighted by Gasteiger charge is -2.40. The van der Waals surface area contributed by atoms with Crippen LogP contribution in [0.4, 0.5) is 0 Å². The number of carbonyl (C=O) groups excluding carboxylic acids is 3. The average Bonchev–Trinajstić information content (AvgIpc) is 3.45. The number of carbonyl (C=O) groups is 3. The van der Waals surface area contributed by atoms with Crippen molar-refractivity contribution < 1.29 is 24.2 Å². The average molecular weight is 493 g/mol. The molecule has 3 aliphatic rings. The van der Waals surface area contributed by atoms with Crippen LogP contribution in [0.5, 0.6) is 0 Å². The van der Waals surface area contributed by atoms with Crippen molar-refractivity contribution in [3.63, 3.8) is 0 Å². The summed E-state index contributed by atoms with van der Waals surface area (Å²) in [5, 5.41) is 10.2. The molecule has 0 aliphatic carbocycles. The highest BCUT2D eigenvalue weighted by Gasteiger charge is 2.74. The van der Waals surface area contributed by atoms with Crippen LogP contribution in [-0.2, 0) is 19.1 Å². The number of unbranched alkanes of at least 4 members (excludes halogenated alkanes) is 2. The highest BCUT2D eigenvalue weighted by molar-refractivity contribution is 8.02. The van der Waals surface area contributed by atoms with Crippen molar-refractivity contribution in [1.82, 2.24) is 9.80 Å². The van der Waals surface area contributed by atoms with E-state index in [1.807, 2.05) is 13.8 Å². The first kappa shape index (κ1) is 26.8. The van der Waals surface area contributed by atoms with E-state index in [1.165, 1.54) is 6.08 Å². The van der Waals surface area contributed by atoms with E-state index in [1.54, 1.807) is 27.6 Å². The molecule has 2 unspecified atom stereocenters. The Hall–Kier alpha value is -1.80. The smallest absolute Gasteiger partial charge is 0.311 e. The number of aliphatic hydroxyl groups is 1. The number of fused-ring (bicyclic) bond motifs is 1. The Morgan fingerprint density at radius 3 is 2.65 bits per heavy atom. The van der Waals surface area contributed by atoms with Crippen molar-refractivity contribution >= 4 is 29.5 Å². The summed E-state index contributed by atoms with van der Waals surface area (Å²) in [5.74, 6) is -1.92. The minimum Gasteiger partial charge on any atom is -0.461 e. The van der Waals surface area contributed by atoms with Crippen molar-refractivity contribution in [2.45, 2.75) is 75.0 Å².